The Morgan fingerprint density at radius 2 is 2.50 bits per heavy atom. The SMILES string of the molecule is CC(=NC1CCNC1)c1sccc1C. The highest BCUT2D eigenvalue weighted by molar-refractivity contribution is 7.12. The molecule has 1 aromatic rings. The Balaban J connectivity index is 2.14. The maximum absolute atomic E-state index is 4.74. The molecule has 0 radical (unpaired) electrons. The molecule has 2 rings (SSSR count). The summed E-state index contributed by atoms with van der Waals surface area (Å²) in [5.74, 6) is 0. The number of hydrogen-bond donors (Lipinski definition) is 1. The van der Waals surface area contributed by atoms with Gasteiger partial charge in [0.05, 0.1) is 10.9 Å². The smallest absolute Gasteiger partial charge is 0.0639 e. The summed E-state index contributed by atoms with van der Waals surface area (Å²) in [5, 5.41) is 5.47. The third-order valence-electron chi connectivity index (χ3n) is 2.60. The van der Waals surface area contributed by atoms with Crippen molar-refractivity contribution < 1.29 is 0 Å². The zero-order chi connectivity index (χ0) is 9.97. The van der Waals surface area contributed by atoms with Crippen molar-refractivity contribution in [2.24, 2.45) is 4.99 Å². The highest BCUT2D eigenvalue weighted by Gasteiger charge is 2.13. The quantitative estimate of drug-likeness (QED) is 0.741. The molecular formula is C11H16N2S. The highest BCUT2D eigenvalue weighted by Crippen LogP contribution is 2.17. The molecule has 0 spiro atoms. The summed E-state index contributed by atoms with van der Waals surface area (Å²) < 4.78 is 0. The van der Waals surface area contributed by atoms with E-state index in [4.69, 9.17) is 4.99 Å². The van der Waals surface area contributed by atoms with E-state index in [0.717, 1.165) is 13.1 Å². The van der Waals surface area contributed by atoms with Gasteiger partial charge in [-0.2, -0.15) is 0 Å². The van der Waals surface area contributed by atoms with Crippen LogP contribution in [0.3, 0.4) is 0 Å². The Kier molecular flexibility index (Phi) is 2.99. The van der Waals surface area contributed by atoms with Gasteiger partial charge in [-0.15, -0.1) is 11.3 Å². The maximum atomic E-state index is 4.74. The number of nitrogens with one attached hydrogen (secondary N) is 1. The molecule has 14 heavy (non-hydrogen) atoms. The fourth-order valence-electron chi connectivity index (χ4n) is 1.83. The number of nitrogens with zero attached hydrogens (tertiary/aromatic N) is 1. The fraction of sp³-hybridized carbons (Fsp3) is 0.545. The monoisotopic (exact) mass is 208 g/mol. The van der Waals surface area contributed by atoms with Crippen LogP contribution in [0.25, 0.3) is 0 Å². The van der Waals surface area contributed by atoms with Crippen molar-refractivity contribution in [3.05, 3.63) is 21.9 Å². The van der Waals surface area contributed by atoms with Crippen LogP contribution in [0.15, 0.2) is 16.4 Å². The van der Waals surface area contributed by atoms with Gasteiger partial charge in [-0.1, -0.05) is 0 Å². The van der Waals surface area contributed by atoms with E-state index in [1.807, 2.05) is 0 Å². The van der Waals surface area contributed by atoms with Crippen molar-refractivity contribution >= 4 is 17.0 Å². The Morgan fingerprint density at radius 1 is 1.64 bits per heavy atom. The van der Waals surface area contributed by atoms with E-state index in [0.29, 0.717) is 6.04 Å². The number of hydrogen-bond acceptors (Lipinski definition) is 3. The molecule has 1 atom stereocenters. The average molecular weight is 208 g/mol. The molecule has 0 amide bonds. The van der Waals surface area contributed by atoms with Crippen LogP contribution in [0.2, 0.25) is 0 Å². The molecule has 76 valence electrons. The third-order valence-corrected chi connectivity index (χ3v) is 3.73. The summed E-state index contributed by atoms with van der Waals surface area (Å²) in [6, 6.07) is 2.66. The number of rotatable bonds is 2. The van der Waals surface area contributed by atoms with Crippen LogP contribution in [0.4, 0.5) is 0 Å². The molecule has 0 bridgehead atoms. The van der Waals surface area contributed by atoms with E-state index in [1.165, 1.54) is 22.6 Å². The highest BCUT2D eigenvalue weighted by atomic mass is 32.1. The Hall–Kier alpha value is -0.670. The second-order valence-corrected chi connectivity index (χ2v) is 4.71. The van der Waals surface area contributed by atoms with Crippen LogP contribution >= 0.6 is 11.3 Å². The van der Waals surface area contributed by atoms with E-state index >= 15 is 0 Å². The average Bonchev–Trinajstić information content (AvgIpc) is 2.75. The summed E-state index contributed by atoms with van der Waals surface area (Å²) in [4.78, 5) is 6.09. The molecule has 0 aromatic carbocycles. The molecule has 1 N–H and O–H groups in total. The molecule has 2 heterocycles. The molecule has 0 saturated carbocycles. The standard InChI is InChI=1S/C11H16N2S/c1-8-4-6-14-11(8)9(2)13-10-3-5-12-7-10/h4,6,10,12H,3,5,7H2,1-2H3. The van der Waals surface area contributed by atoms with Gasteiger partial charge in [0.25, 0.3) is 0 Å². The lowest BCUT2D eigenvalue weighted by Gasteiger charge is -2.04. The van der Waals surface area contributed by atoms with Crippen molar-refractivity contribution in [2.45, 2.75) is 26.3 Å². The van der Waals surface area contributed by atoms with Gasteiger partial charge in [-0.05, 0) is 43.8 Å². The lowest BCUT2D eigenvalue weighted by molar-refractivity contribution is 0.744. The van der Waals surface area contributed by atoms with Gasteiger partial charge in [0.15, 0.2) is 0 Å². The first-order chi connectivity index (χ1) is 6.77. The van der Waals surface area contributed by atoms with Crippen molar-refractivity contribution in [1.29, 1.82) is 0 Å². The minimum Gasteiger partial charge on any atom is -0.315 e. The number of thiophene rings is 1. The van der Waals surface area contributed by atoms with E-state index < -0.39 is 0 Å². The van der Waals surface area contributed by atoms with Crippen molar-refractivity contribution in [2.75, 3.05) is 13.1 Å². The molecule has 1 aromatic heterocycles. The third kappa shape index (κ3) is 2.04. The zero-order valence-corrected chi connectivity index (χ0v) is 9.53. The van der Waals surface area contributed by atoms with Gasteiger partial charge in [0.1, 0.15) is 0 Å². The number of aliphatic imine (C=N–C) groups is 1. The van der Waals surface area contributed by atoms with Crippen LogP contribution in [-0.4, -0.2) is 24.8 Å². The van der Waals surface area contributed by atoms with Gasteiger partial charge in [-0.3, -0.25) is 4.99 Å². The van der Waals surface area contributed by atoms with E-state index in [9.17, 15) is 0 Å². The second kappa shape index (κ2) is 4.24. The first-order valence-corrected chi connectivity index (χ1v) is 5.95. The normalized spacial score (nSPS) is 23.0. The topological polar surface area (TPSA) is 24.4 Å². The van der Waals surface area contributed by atoms with E-state index in [1.54, 1.807) is 11.3 Å². The van der Waals surface area contributed by atoms with E-state index in [2.05, 4.69) is 30.6 Å². The molecular weight excluding hydrogens is 192 g/mol. The fourth-order valence-corrected chi connectivity index (χ4v) is 2.71. The zero-order valence-electron chi connectivity index (χ0n) is 8.71. The molecule has 1 unspecified atom stereocenters. The van der Waals surface area contributed by atoms with Crippen molar-refractivity contribution in [3.8, 4) is 0 Å². The van der Waals surface area contributed by atoms with Gasteiger partial charge in [-0.25, -0.2) is 0 Å². The van der Waals surface area contributed by atoms with Crippen LogP contribution in [-0.2, 0) is 0 Å². The molecule has 1 saturated heterocycles. The maximum Gasteiger partial charge on any atom is 0.0639 e. The molecule has 3 heteroatoms. The molecule has 1 aliphatic rings. The molecule has 2 nitrogen and oxygen atoms in total. The minimum atomic E-state index is 0.497. The summed E-state index contributed by atoms with van der Waals surface area (Å²) in [6.45, 7) is 6.43. The van der Waals surface area contributed by atoms with Gasteiger partial charge >= 0.3 is 0 Å². The minimum absolute atomic E-state index is 0.497. The molecule has 0 aliphatic carbocycles. The summed E-state index contributed by atoms with van der Waals surface area (Å²) in [6.07, 6.45) is 1.18. The lowest BCUT2D eigenvalue weighted by Crippen LogP contribution is -2.12. The molecule has 1 fully saturated rings. The van der Waals surface area contributed by atoms with E-state index in [-0.39, 0.29) is 0 Å². The van der Waals surface area contributed by atoms with Crippen LogP contribution in [0.5, 0.6) is 0 Å². The summed E-state index contributed by atoms with van der Waals surface area (Å²) >= 11 is 1.79. The Labute approximate surface area is 89.1 Å². The predicted octanol–water partition coefficient (Wildman–Crippen LogP) is 2.23. The van der Waals surface area contributed by atoms with Crippen molar-refractivity contribution in [1.82, 2.24) is 5.32 Å². The largest absolute Gasteiger partial charge is 0.315 e. The summed E-state index contributed by atoms with van der Waals surface area (Å²) in [7, 11) is 0. The van der Waals surface area contributed by atoms with Gasteiger partial charge in [0.2, 0.25) is 0 Å². The van der Waals surface area contributed by atoms with Gasteiger partial charge < -0.3 is 5.32 Å². The van der Waals surface area contributed by atoms with Crippen LogP contribution in [0.1, 0.15) is 23.8 Å². The first-order valence-electron chi connectivity index (χ1n) is 5.07. The van der Waals surface area contributed by atoms with Gasteiger partial charge in [0, 0.05) is 12.3 Å². The first kappa shape index (κ1) is 9.87. The molecule has 1 aliphatic heterocycles. The second-order valence-electron chi connectivity index (χ2n) is 3.79. The van der Waals surface area contributed by atoms with Crippen LogP contribution in [0, 0.1) is 6.92 Å². The Bertz CT molecular complexity index is 335. The predicted molar refractivity (Wildman–Crippen MR) is 62.5 cm³/mol. The lowest BCUT2D eigenvalue weighted by atomic mass is 10.2. The number of aryl methyl sites for hydroxylation is 1. The van der Waals surface area contributed by atoms with Crippen molar-refractivity contribution in [3.63, 3.8) is 0 Å². The Morgan fingerprint density at radius 3 is 3.07 bits per heavy atom. The van der Waals surface area contributed by atoms with Crippen LogP contribution < -0.4 is 5.32 Å². The summed E-state index contributed by atoms with van der Waals surface area (Å²) in [5.41, 5.74) is 2.55.